The monoisotopic (exact) mass is 403 g/mol. The van der Waals surface area contributed by atoms with E-state index in [1.807, 2.05) is 6.07 Å². The Hall–Kier alpha value is -3.10. The Balaban J connectivity index is 1.61. The molecule has 3 aromatic rings. The number of aromatic nitrogens is 3. The molecule has 1 aromatic carbocycles. The Morgan fingerprint density at radius 2 is 1.93 bits per heavy atom. The molecule has 1 aliphatic heterocycles. The number of nitrogens with zero attached hydrogens (tertiary/aromatic N) is 4. The molecule has 6 nitrogen and oxygen atoms in total. The predicted molar refractivity (Wildman–Crippen MR) is 103 cm³/mol. The summed E-state index contributed by atoms with van der Waals surface area (Å²) in [6, 6.07) is 5.26. The van der Waals surface area contributed by atoms with Gasteiger partial charge < -0.3 is 10.2 Å². The summed E-state index contributed by atoms with van der Waals surface area (Å²) in [7, 11) is 0. The zero-order chi connectivity index (χ0) is 21.0. The third-order valence-corrected chi connectivity index (χ3v) is 4.80. The molecule has 2 aromatic heterocycles. The summed E-state index contributed by atoms with van der Waals surface area (Å²) < 4.78 is 41.7. The third-order valence-electron chi connectivity index (χ3n) is 4.80. The molecule has 0 atom stereocenters. The smallest absolute Gasteiger partial charge is 0.312 e. The Labute approximate surface area is 165 Å². The number of hydrogen-bond donors (Lipinski definition) is 1. The van der Waals surface area contributed by atoms with Crippen LogP contribution in [0.5, 0.6) is 0 Å². The first-order chi connectivity index (χ1) is 13.5. The van der Waals surface area contributed by atoms with Crippen molar-refractivity contribution >= 4 is 22.8 Å². The van der Waals surface area contributed by atoms with Gasteiger partial charge in [0.25, 0.3) is 5.92 Å². The maximum atomic E-state index is 14.4. The number of rotatable bonds is 2. The number of urea groups is 1. The molecule has 0 unspecified atom stereocenters. The van der Waals surface area contributed by atoms with Crippen molar-refractivity contribution in [2.45, 2.75) is 32.1 Å². The number of halogens is 3. The highest BCUT2D eigenvalue weighted by Crippen LogP contribution is 2.28. The minimum absolute atomic E-state index is 0.0909. The number of carbonyl (C=O) groups excluding carboxylic acids is 1. The minimum atomic E-state index is -2.85. The zero-order valence-corrected chi connectivity index (χ0v) is 16.2. The van der Waals surface area contributed by atoms with Gasteiger partial charge in [-0.3, -0.25) is 0 Å². The van der Waals surface area contributed by atoms with Crippen molar-refractivity contribution in [2.75, 3.05) is 18.4 Å². The van der Waals surface area contributed by atoms with Crippen molar-refractivity contribution in [1.29, 1.82) is 0 Å². The molecule has 1 N–H and O–H groups in total. The molecule has 1 fully saturated rings. The molecule has 4 rings (SSSR count). The van der Waals surface area contributed by atoms with Gasteiger partial charge in [0.05, 0.1) is 13.1 Å². The van der Waals surface area contributed by atoms with Gasteiger partial charge in [-0.25, -0.2) is 27.6 Å². The molecule has 2 amide bonds. The van der Waals surface area contributed by atoms with E-state index < -0.39 is 30.9 Å². The number of amides is 2. The summed E-state index contributed by atoms with van der Waals surface area (Å²) in [4.78, 5) is 17.4. The van der Waals surface area contributed by atoms with E-state index >= 15 is 0 Å². The van der Waals surface area contributed by atoms with Crippen molar-refractivity contribution in [1.82, 2.24) is 19.7 Å². The number of hydrogen-bond acceptors (Lipinski definition) is 3. The zero-order valence-electron chi connectivity index (χ0n) is 16.2. The Kier molecular flexibility index (Phi) is 4.29. The van der Waals surface area contributed by atoms with Gasteiger partial charge in [0, 0.05) is 23.5 Å². The second-order valence-electron chi connectivity index (χ2n) is 8.27. The van der Waals surface area contributed by atoms with Crippen LogP contribution in [0.15, 0.2) is 36.7 Å². The van der Waals surface area contributed by atoms with Crippen LogP contribution in [-0.2, 0) is 5.41 Å². The number of fused-ring (bicyclic) bond motifs is 1. The van der Waals surface area contributed by atoms with Crippen LogP contribution in [0.4, 0.5) is 23.7 Å². The highest BCUT2D eigenvalue weighted by atomic mass is 19.3. The van der Waals surface area contributed by atoms with E-state index in [0.29, 0.717) is 5.65 Å². The first kappa shape index (κ1) is 19.2. The van der Waals surface area contributed by atoms with Crippen LogP contribution in [0.3, 0.4) is 0 Å². The van der Waals surface area contributed by atoms with E-state index in [1.165, 1.54) is 22.9 Å². The Morgan fingerprint density at radius 1 is 1.21 bits per heavy atom. The van der Waals surface area contributed by atoms with Gasteiger partial charge in [0.1, 0.15) is 11.5 Å². The second-order valence-corrected chi connectivity index (χ2v) is 8.27. The molecule has 1 aliphatic rings. The molecule has 0 saturated carbocycles. The molecule has 1 saturated heterocycles. The molecule has 29 heavy (non-hydrogen) atoms. The summed E-state index contributed by atoms with van der Waals surface area (Å²) in [5.74, 6) is -3.39. The average Bonchev–Trinajstić information content (AvgIpc) is 3.03. The number of alkyl halides is 2. The SMILES string of the molecule is CC(C)(C)c1cnc2nn(-c3cc(NC(=O)N4CC(F)(F)C4)ccc3F)cc2c1. The van der Waals surface area contributed by atoms with Gasteiger partial charge in [-0.05, 0) is 35.2 Å². The van der Waals surface area contributed by atoms with Gasteiger partial charge in [-0.15, -0.1) is 5.10 Å². The van der Waals surface area contributed by atoms with E-state index in [-0.39, 0.29) is 16.8 Å². The van der Waals surface area contributed by atoms with Crippen molar-refractivity contribution < 1.29 is 18.0 Å². The van der Waals surface area contributed by atoms with Crippen LogP contribution in [0, 0.1) is 5.82 Å². The normalized spacial score (nSPS) is 16.0. The lowest BCUT2D eigenvalue weighted by Crippen LogP contribution is -2.59. The molecule has 0 radical (unpaired) electrons. The summed E-state index contributed by atoms with van der Waals surface area (Å²) >= 11 is 0. The second kappa shape index (κ2) is 6.47. The van der Waals surface area contributed by atoms with Crippen molar-refractivity contribution in [2.24, 2.45) is 0 Å². The molecule has 0 spiro atoms. The minimum Gasteiger partial charge on any atom is -0.312 e. The maximum absolute atomic E-state index is 14.4. The van der Waals surface area contributed by atoms with E-state index in [4.69, 9.17) is 0 Å². The van der Waals surface area contributed by atoms with Crippen LogP contribution in [0.1, 0.15) is 26.3 Å². The predicted octanol–water partition coefficient (Wildman–Crippen LogP) is 4.34. The summed E-state index contributed by atoms with van der Waals surface area (Å²) in [6.45, 7) is 4.96. The summed E-state index contributed by atoms with van der Waals surface area (Å²) in [5.41, 5.74) is 1.80. The number of benzene rings is 1. The lowest BCUT2D eigenvalue weighted by Gasteiger charge is -2.38. The van der Waals surface area contributed by atoms with E-state index in [2.05, 4.69) is 36.2 Å². The molecule has 152 valence electrons. The Bertz CT molecular complexity index is 1100. The fourth-order valence-electron chi connectivity index (χ4n) is 3.07. The summed E-state index contributed by atoms with van der Waals surface area (Å²) in [6.07, 6.45) is 3.41. The lowest BCUT2D eigenvalue weighted by atomic mass is 9.88. The first-order valence-corrected chi connectivity index (χ1v) is 9.11. The van der Waals surface area contributed by atoms with Gasteiger partial charge >= 0.3 is 6.03 Å². The fourth-order valence-corrected chi connectivity index (χ4v) is 3.07. The van der Waals surface area contributed by atoms with Gasteiger partial charge in [0.15, 0.2) is 5.65 Å². The van der Waals surface area contributed by atoms with Crippen LogP contribution in [-0.4, -0.2) is 44.7 Å². The van der Waals surface area contributed by atoms with E-state index in [0.717, 1.165) is 15.8 Å². The molecular formula is C20H20F3N5O. The number of carbonyl (C=O) groups is 1. The highest BCUT2D eigenvalue weighted by molar-refractivity contribution is 5.90. The number of nitrogens with one attached hydrogen (secondary N) is 1. The number of likely N-dealkylation sites (tertiary alicyclic amines) is 1. The van der Waals surface area contributed by atoms with Crippen molar-refractivity contribution in [3.8, 4) is 5.69 Å². The lowest BCUT2D eigenvalue weighted by molar-refractivity contribution is -0.107. The van der Waals surface area contributed by atoms with Crippen LogP contribution >= 0.6 is 0 Å². The number of anilines is 1. The fraction of sp³-hybridized carbons (Fsp3) is 0.350. The van der Waals surface area contributed by atoms with Gasteiger partial charge in [0.2, 0.25) is 0 Å². The topological polar surface area (TPSA) is 63.1 Å². The largest absolute Gasteiger partial charge is 0.322 e. The van der Waals surface area contributed by atoms with Gasteiger partial charge in [-0.2, -0.15) is 0 Å². The van der Waals surface area contributed by atoms with Crippen LogP contribution < -0.4 is 5.32 Å². The average molecular weight is 403 g/mol. The van der Waals surface area contributed by atoms with Crippen LogP contribution in [0.25, 0.3) is 16.7 Å². The van der Waals surface area contributed by atoms with E-state index in [9.17, 15) is 18.0 Å². The van der Waals surface area contributed by atoms with Crippen molar-refractivity contribution in [3.05, 3.63) is 48.0 Å². The van der Waals surface area contributed by atoms with Crippen LogP contribution in [0.2, 0.25) is 0 Å². The van der Waals surface area contributed by atoms with Crippen molar-refractivity contribution in [3.63, 3.8) is 0 Å². The summed E-state index contributed by atoms with van der Waals surface area (Å²) in [5, 5.41) is 7.58. The maximum Gasteiger partial charge on any atom is 0.322 e. The Morgan fingerprint density at radius 3 is 2.59 bits per heavy atom. The third kappa shape index (κ3) is 3.76. The highest BCUT2D eigenvalue weighted by Gasteiger charge is 2.46. The molecule has 0 bridgehead atoms. The molecular weight excluding hydrogens is 383 g/mol. The molecule has 3 heterocycles. The molecule has 0 aliphatic carbocycles. The first-order valence-electron chi connectivity index (χ1n) is 9.11. The number of pyridine rings is 1. The quantitative estimate of drug-likeness (QED) is 0.692. The van der Waals surface area contributed by atoms with E-state index in [1.54, 1.807) is 12.4 Å². The standard InChI is InChI=1S/C20H20F3N5O/c1-19(2,3)13-6-12-9-28(26-17(12)24-8-13)16-7-14(4-5-15(16)21)25-18(29)27-10-20(22,23)11-27/h4-9H,10-11H2,1-3H3,(H,25,29). The molecule has 9 heteroatoms. The van der Waals surface area contributed by atoms with Gasteiger partial charge in [-0.1, -0.05) is 20.8 Å².